The van der Waals surface area contributed by atoms with Gasteiger partial charge in [-0.1, -0.05) is 24.3 Å². The molecular formula is C18H22N2O2. The third-order valence-corrected chi connectivity index (χ3v) is 6.14. The van der Waals surface area contributed by atoms with E-state index in [1.807, 2.05) is 0 Å². The third-order valence-electron chi connectivity index (χ3n) is 6.14. The van der Waals surface area contributed by atoms with Crippen LogP contribution in [0.2, 0.25) is 0 Å². The molecule has 0 radical (unpaired) electrons. The van der Waals surface area contributed by atoms with Crippen LogP contribution in [0, 0.1) is 11.8 Å². The van der Waals surface area contributed by atoms with Crippen molar-refractivity contribution in [3.05, 3.63) is 35.4 Å². The number of nitrogens with one attached hydrogen (secondary N) is 1. The van der Waals surface area contributed by atoms with Gasteiger partial charge in [0, 0.05) is 31.5 Å². The summed E-state index contributed by atoms with van der Waals surface area (Å²) in [4.78, 5) is 15.0. The summed E-state index contributed by atoms with van der Waals surface area (Å²) >= 11 is 0. The van der Waals surface area contributed by atoms with Crippen molar-refractivity contribution in [2.75, 3.05) is 13.1 Å². The van der Waals surface area contributed by atoms with Gasteiger partial charge >= 0.3 is 0 Å². The first-order chi connectivity index (χ1) is 10.8. The summed E-state index contributed by atoms with van der Waals surface area (Å²) in [6.45, 7) is 2.62. The lowest BCUT2D eigenvalue weighted by atomic mass is 9.82. The van der Waals surface area contributed by atoms with E-state index in [9.17, 15) is 4.79 Å². The molecule has 4 heterocycles. The topological polar surface area (TPSA) is 41.6 Å². The van der Waals surface area contributed by atoms with E-state index in [0.29, 0.717) is 30.0 Å². The Bertz CT molecular complexity index is 599. The highest BCUT2D eigenvalue weighted by molar-refractivity contribution is 5.83. The lowest BCUT2D eigenvalue weighted by Crippen LogP contribution is -2.49. The monoisotopic (exact) mass is 298 g/mol. The molecule has 1 amide bonds. The van der Waals surface area contributed by atoms with Crippen LogP contribution in [0.5, 0.6) is 0 Å². The minimum atomic E-state index is -0.0488. The smallest absolute Gasteiger partial charge is 0.240 e. The van der Waals surface area contributed by atoms with Crippen LogP contribution >= 0.6 is 0 Å². The molecule has 0 aromatic heterocycles. The molecule has 4 heteroatoms. The maximum Gasteiger partial charge on any atom is 0.240 e. The van der Waals surface area contributed by atoms with Crippen molar-refractivity contribution in [1.29, 1.82) is 0 Å². The van der Waals surface area contributed by atoms with Crippen molar-refractivity contribution < 1.29 is 9.53 Å². The molecule has 3 fully saturated rings. The quantitative estimate of drug-likeness (QED) is 0.850. The zero-order valence-corrected chi connectivity index (χ0v) is 12.7. The van der Waals surface area contributed by atoms with Crippen LogP contribution in [0.15, 0.2) is 24.3 Å². The highest BCUT2D eigenvalue weighted by atomic mass is 16.5. The summed E-state index contributed by atoms with van der Waals surface area (Å²) in [6, 6.07) is 8.40. The van der Waals surface area contributed by atoms with Gasteiger partial charge in [0.25, 0.3) is 0 Å². The van der Waals surface area contributed by atoms with Crippen LogP contribution in [-0.2, 0) is 22.5 Å². The van der Waals surface area contributed by atoms with Crippen molar-refractivity contribution in [1.82, 2.24) is 10.2 Å². The highest BCUT2D eigenvalue weighted by Gasteiger charge is 2.54. The molecule has 1 aromatic rings. The maximum absolute atomic E-state index is 12.9. The first-order valence-electron chi connectivity index (χ1n) is 8.54. The fraction of sp³-hybridized carbons (Fsp3) is 0.611. The summed E-state index contributed by atoms with van der Waals surface area (Å²) in [6.07, 6.45) is 4.07. The van der Waals surface area contributed by atoms with E-state index in [4.69, 9.17) is 4.74 Å². The molecule has 4 aliphatic heterocycles. The summed E-state index contributed by atoms with van der Waals surface area (Å²) in [5, 5.41) is 3.43. The van der Waals surface area contributed by atoms with E-state index in [1.54, 1.807) is 0 Å². The number of carbonyl (C=O) groups excluding carboxylic acids is 1. The number of carbonyl (C=O) groups is 1. The predicted molar refractivity (Wildman–Crippen MR) is 82.2 cm³/mol. The number of ether oxygens (including phenoxy) is 1. The number of rotatable bonds is 1. The number of amides is 1. The molecule has 0 spiro atoms. The second-order valence-electron chi connectivity index (χ2n) is 7.27. The van der Waals surface area contributed by atoms with Crippen molar-refractivity contribution in [3.63, 3.8) is 0 Å². The largest absolute Gasteiger partial charge is 0.374 e. The molecule has 116 valence electrons. The summed E-state index contributed by atoms with van der Waals surface area (Å²) in [7, 11) is 0. The van der Waals surface area contributed by atoms with E-state index in [-0.39, 0.29) is 6.04 Å². The minimum Gasteiger partial charge on any atom is -0.374 e. The Morgan fingerprint density at radius 3 is 2.50 bits per heavy atom. The Hall–Kier alpha value is -1.39. The fourth-order valence-electron chi connectivity index (χ4n) is 4.99. The molecule has 3 saturated heterocycles. The van der Waals surface area contributed by atoms with E-state index in [2.05, 4.69) is 34.5 Å². The predicted octanol–water partition coefficient (Wildman–Crippen LogP) is 1.34. The van der Waals surface area contributed by atoms with E-state index < -0.39 is 0 Å². The average Bonchev–Trinajstić information content (AvgIpc) is 3.26. The number of likely N-dealkylation sites (tertiary alicyclic amines) is 1. The van der Waals surface area contributed by atoms with Crippen molar-refractivity contribution in [2.24, 2.45) is 11.8 Å². The number of hydrogen-bond acceptors (Lipinski definition) is 3. The second kappa shape index (κ2) is 4.80. The number of benzene rings is 1. The maximum atomic E-state index is 12.9. The van der Waals surface area contributed by atoms with Gasteiger partial charge in [0.15, 0.2) is 0 Å². The molecular weight excluding hydrogens is 276 g/mol. The molecule has 0 unspecified atom stereocenters. The molecule has 1 N–H and O–H groups in total. The van der Waals surface area contributed by atoms with Gasteiger partial charge in [0.05, 0.1) is 18.2 Å². The average molecular weight is 298 g/mol. The van der Waals surface area contributed by atoms with Crippen LogP contribution in [0.1, 0.15) is 24.0 Å². The number of hydrogen-bond donors (Lipinski definition) is 1. The molecule has 5 rings (SSSR count). The molecule has 1 aromatic carbocycles. The first-order valence-corrected chi connectivity index (χ1v) is 8.54. The Morgan fingerprint density at radius 1 is 1.09 bits per heavy atom. The summed E-state index contributed by atoms with van der Waals surface area (Å²) in [5.41, 5.74) is 2.65. The Kier molecular flexibility index (Phi) is 2.86. The van der Waals surface area contributed by atoms with Crippen LogP contribution in [-0.4, -0.2) is 42.1 Å². The van der Waals surface area contributed by atoms with Gasteiger partial charge in [0.2, 0.25) is 5.91 Å². The molecule has 5 atom stereocenters. The number of nitrogens with zero attached hydrogens (tertiary/aromatic N) is 1. The molecule has 2 bridgehead atoms. The van der Waals surface area contributed by atoms with Crippen LogP contribution in [0.3, 0.4) is 0 Å². The zero-order chi connectivity index (χ0) is 14.7. The normalized spacial score (nSPS) is 38.9. The van der Waals surface area contributed by atoms with Gasteiger partial charge in [0.1, 0.15) is 0 Å². The highest BCUT2D eigenvalue weighted by Crippen LogP contribution is 2.47. The number of fused-ring (bicyclic) bond motifs is 6. The summed E-state index contributed by atoms with van der Waals surface area (Å²) < 4.78 is 6.01. The molecule has 0 aliphatic carbocycles. The lowest BCUT2D eigenvalue weighted by Gasteiger charge is -2.29. The van der Waals surface area contributed by atoms with Gasteiger partial charge in [-0.2, -0.15) is 0 Å². The standard InChI is InChI=1S/C18H22N2O2/c21-18(15-7-11-3-1-2-4-12(11)8-19-15)20-9-13-14(10-20)17-6-5-16(13)22-17/h1-4,13-17,19H,5-10H2/t13-,14+,15-,16+,17-/m1/s1. The minimum absolute atomic E-state index is 0.0488. The second-order valence-corrected chi connectivity index (χ2v) is 7.27. The lowest BCUT2D eigenvalue weighted by molar-refractivity contribution is -0.133. The Balaban J connectivity index is 1.30. The van der Waals surface area contributed by atoms with Crippen molar-refractivity contribution in [2.45, 2.75) is 44.1 Å². The van der Waals surface area contributed by atoms with Gasteiger partial charge in [-0.25, -0.2) is 0 Å². The van der Waals surface area contributed by atoms with Crippen LogP contribution in [0.4, 0.5) is 0 Å². The van der Waals surface area contributed by atoms with Gasteiger partial charge in [-0.15, -0.1) is 0 Å². The van der Waals surface area contributed by atoms with Crippen molar-refractivity contribution in [3.8, 4) is 0 Å². The fourth-order valence-corrected chi connectivity index (χ4v) is 4.99. The molecule has 4 nitrogen and oxygen atoms in total. The third kappa shape index (κ3) is 1.87. The van der Waals surface area contributed by atoms with Gasteiger partial charge < -0.3 is 15.0 Å². The van der Waals surface area contributed by atoms with Crippen LogP contribution < -0.4 is 5.32 Å². The van der Waals surface area contributed by atoms with E-state index in [0.717, 1.165) is 26.1 Å². The zero-order valence-electron chi connectivity index (χ0n) is 12.7. The van der Waals surface area contributed by atoms with Gasteiger partial charge in [-0.3, -0.25) is 4.79 Å². The SMILES string of the molecule is O=C([C@H]1Cc2ccccc2CN1)N1C[C@@H]2[C@H](C1)[C@H]1CC[C@@H]2O1. The molecule has 22 heavy (non-hydrogen) atoms. The van der Waals surface area contributed by atoms with E-state index in [1.165, 1.54) is 24.0 Å². The molecule has 0 saturated carbocycles. The van der Waals surface area contributed by atoms with Crippen molar-refractivity contribution >= 4 is 5.91 Å². The Labute approximate surface area is 130 Å². The Morgan fingerprint density at radius 2 is 1.77 bits per heavy atom. The van der Waals surface area contributed by atoms with Crippen LogP contribution in [0.25, 0.3) is 0 Å². The molecule has 4 aliphatic rings. The van der Waals surface area contributed by atoms with E-state index >= 15 is 0 Å². The summed E-state index contributed by atoms with van der Waals surface area (Å²) in [5.74, 6) is 1.49. The van der Waals surface area contributed by atoms with Gasteiger partial charge in [-0.05, 0) is 30.4 Å². The first kappa shape index (κ1) is 13.1.